The first-order chi connectivity index (χ1) is 7.45. The Hall–Kier alpha value is -0.0800. The first-order valence-corrected chi connectivity index (χ1v) is 6.86. The fourth-order valence-electron chi connectivity index (χ4n) is 2.51. The van der Waals surface area contributed by atoms with E-state index in [1.54, 1.807) is 0 Å². The third kappa shape index (κ3) is 4.84. The lowest BCUT2D eigenvalue weighted by Gasteiger charge is -2.17. The molecule has 1 aliphatic rings. The molecule has 1 saturated carbocycles. The normalized spacial score (nSPS) is 24.8. The summed E-state index contributed by atoms with van der Waals surface area (Å²) in [7, 11) is 0. The Kier molecular flexibility index (Phi) is 5.26. The Morgan fingerprint density at radius 1 is 1.38 bits per heavy atom. The Balaban J connectivity index is 2.01. The lowest BCUT2D eigenvalue weighted by Crippen LogP contribution is -2.25. The number of rotatable bonds is 8. The van der Waals surface area contributed by atoms with Crippen LogP contribution in [0.5, 0.6) is 0 Å². The van der Waals surface area contributed by atoms with Crippen LogP contribution in [0, 0.1) is 23.2 Å². The molecular formula is C14H30N2. The highest BCUT2D eigenvalue weighted by Crippen LogP contribution is 2.50. The van der Waals surface area contributed by atoms with Gasteiger partial charge < -0.3 is 11.1 Å². The zero-order valence-corrected chi connectivity index (χ0v) is 11.6. The molecule has 1 aliphatic carbocycles. The van der Waals surface area contributed by atoms with Crippen molar-refractivity contribution in [3.8, 4) is 0 Å². The van der Waals surface area contributed by atoms with E-state index in [9.17, 15) is 0 Å². The van der Waals surface area contributed by atoms with E-state index in [2.05, 4.69) is 33.0 Å². The minimum Gasteiger partial charge on any atom is -0.330 e. The fourth-order valence-corrected chi connectivity index (χ4v) is 2.51. The summed E-state index contributed by atoms with van der Waals surface area (Å²) in [4.78, 5) is 0. The second-order valence-corrected chi connectivity index (χ2v) is 6.61. The van der Waals surface area contributed by atoms with Gasteiger partial charge in [0, 0.05) is 0 Å². The Bertz CT molecular complexity index is 199. The summed E-state index contributed by atoms with van der Waals surface area (Å²) in [5.74, 6) is 2.39. The number of hydrogen-bond acceptors (Lipinski definition) is 2. The predicted octanol–water partition coefficient (Wildman–Crippen LogP) is 2.63. The maximum atomic E-state index is 5.79. The van der Waals surface area contributed by atoms with Crippen molar-refractivity contribution in [2.75, 3.05) is 19.6 Å². The van der Waals surface area contributed by atoms with Crippen molar-refractivity contribution in [3.63, 3.8) is 0 Å². The van der Waals surface area contributed by atoms with E-state index >= 15 is 0 Å². The van der Waals surface area contributed by atoms with Crippen LogP contribution in [0.2, 0.25) is 0 Å². The molecule has 3 N–H and O–H groups in total. The van der Waals surface area contributed by atoms with Gasteiger partial charge in [-0.1, -0.05) is 27.7 Å². The van der Waals surface area contributed by atoms with Gasteiger partial charge in [-0.2, -0.15) is 0 Å². The number of nitrogens with two attached hydrogens (primary N) is 1. The van der Waals surface area contributed by atoms with Gasteiger partial charge in [-0.05, 0) is 62.1 Å². The second-order valence-electron chi connectivity index (χ2n) is 6.61. The summed E-state index contributed by atoms with van der Waals surface area (Å²) in [5.41, 5.74) is 6.40. The van der Waals surface area contributed by atoms with Crippen molar-refractivity contribution in [1.29, 1.82) is 0 Å². The van der Waals surface area contributed by atoms with Crippen molar-refractivity contribution in [2.24, 2.45) is 28.9 Å². The zero-order chi connectivity index (χ0) is 12.2. The first kappa shape index (κ1) is 14.0. The minimum atomic E-state index is 0.609. The Labute approximate surface area is 101 Å². The highest BCUT2D eigenvalue weighted by Gasteiger charge is 2.44. The van der Waals surface area contributed by atoms with Gasteiger partial charge in [0.05, 0.1) is 0 Å². The molecule has 0 radical (unpaired) electrons. The molecule has 2 heteroatoms. The molecule has 0 amide bonds. The molecule has 0 saturated heterocycles. The number of nitrogens with one attached hydrogen (secondary N) is 1. The van der Waals surface area contributed by atoms with Crippen molar-refractivity contribution in [2.45, 2.75) is 47.0 Å². The molecule has 0 heterocycles. The van der Waals surface area contributed by atoms with E-state index in [1.807, 2.05) is 0 Å². The van der Waals surface area contributed by atoms with Gasteiger partial charge in [-0.15, -0.1) is 0 Å². The second kappa shape index (κ2) is 6.02. The van der Waals surface area contributed by atoms with Crippen molar-refractivity contribution in [3.05, 3.63) is 0 Å². The van der Waals surface area contributed by atoms with Crippen LogP contribution in [-0.4, -0.2) is 19.6 Å². The largest absolute Gasteiger partial charge is 0.330 e. The van der Waals surface area contributed by atoms with Crippen LogP contribution in [0.3, 0.4) is 0 Å². The van der Waals surface area contributed by atoms with Crippen LogP contribution >= 0.6 is 0 Å². The van der Waals surface area contributed by atoms with Crippen LogP contribution < -0.4 is 11.1 Å². The SMILES string of the molecule is CC(C)CC(CN)CCNCC1CC1(C)C. The number of hydrogen-bond donors (Lipinski definition) is 2. The molecule has 0 aromatic carbocycles. The summed E-state index contributed by atoms with van der Waals surface area (Å²) in [6, 6.07) is 0. The van der Waals surface area contributed by atoms with Crippen LogP contribution in [0.1, 0.15) is 47.0 Å². The molecule has 1 rings (SSSR count). The maximum Gasteiger partial charge on any atom is -0.00152 e. The molecule has 0 aromatic heterocycles. The predicted molar refractivity (Wildman–Crippen MR) is 71.4 cm³/mol. The Morgan fingerprint density at radius 2 is 2.00 bits per heavy atom. The van der Waals surface area contributed by atoms with E-state index in [0.29, 0.717) is 11.3 Å². The van der Waals surface area contributed by atoms with Crippen molar-refractivity contribution in [1.82, 2.24) is 5.32 Å². The van der Waals surface area contributed by atoms with E-state index in [0.717, 1.165) is 24.9 Å². The monoisotopic (exact) mass is 226 g/mol. The van der Waals surface area contributed by atoms with Gasteiger partial charge in [0.25, 0.3) is 0 Å². The van der Waals surface area contributed by atoms with Gasteiger partial charge in [0.2, 0.25) is 0 Å². The average Bonchev–Trinajstić information content (AvgIpc) is 2.78. The summed E-state index contributed by atoms with van der Waals surface area (Å²) >= 11 is 0. The zero-order valence-electron chi connectivity index (χ0n) is 11.6. The fraction of sp³-hybridized carbons (Fsp3) is 1.00. The lowest BCUT2D eigenvalue weighted by molar-refractivity contribution is 0.382. The first-order valence-electron chi connectivity index (χ1n) is 6.86. The topological polar surface area (TPSA) is 38.0 Å². The van der Waals surface area contributed by atoms with Crippen LogP contribution in [0.25, 0.3) is 0 Å². The molecule has 16 heavy (non-hydrogen) atoms. The summed E-state index contributed by atoms with van der Waals surface area (Å²) in [5, 5.41) is 3.59. The molecule has 2 unspecified atom stereocenters. The van der Waals surface area contributed by atoms with E-state index in [4.69, 9.17) is 5.73 Å². The smallest absolute Gasteiger partial charge is 0.00152 e. The van der Waals surface area contributed by atoms with Crippen molar-refractivity contribution >= 4 is 0 Å². The average molecular weight is 226 g/mol. The molecule has 2 nitrogen and oxygen atoms in total. The summed E-state index contributed by atoms with van der Waals surface area (Å²) in [6.45, 7) is 12.5. The minimum absolute atomic E-state index is 0.609. The molecule has 1 fully saturated rings. The van der Waals surface area contributed by atoms with Crippen LogP contribution in [0.4, 0.5) is 0 Å². The summed E-state index contributed by atoms with van der Waals surface area (Å²) < 4.78 is 0. The standard InChI is InChI=1S/C14H30N2/c1-11(2)7-12(9-15)5-6-16-10-13-8-14(13,3)4/h11-13,16H,5-10,15H2,1-4H3. The van der Waals surface area contributed by atoms with Crippen molar-refractivity contribution < 1.29 is 0 Å². The van der Waals surface area contributed by atoms with Gasteiger partial charge >= 0.3 is 0 Å². The third-order valence-electron chi connectivity index (χ3n) is 3.98. The van der Waals surface area contributed by atoms with Gasteiger partial charge in [0.1, 0.15) is 0 Å². The van der Waals surface area contributed by atoms with Crippen LogP contribution in [0.15, 0.2) is 0 Å². The highest BCUT2D eigenvalue weighted by molar-refractivity contribution is 4.96. The summed E-state index contributed by atoms with van der Waals surface area (Å²) in [6.07, 6.45) is 3.90. The Morgan fingerprint density at radius 3 is 2.44 bits per heavy atom. The van der Waals surface area contributed by atoms with Gasteiger partial charge in [0.15, 0.2) is 0 Å². The molecule has 0 aliphatic heterocycles. The molecule has 96 valence electrons. The third-order valence-corrected chi connectivity index (χ3v) is 3.98. The van der Waals surface area contributed by atoms with E-state index < -0.39 is 0 Å². The van der Waals surface area contributed by atoms with Crippen LogP contribution in [-0.2, 0) is 0 Å². The van der Waals surface area contributed by atoms with Gasteiger partial charge in [-0.25, -0.2) is 0 Å². The molecule has 0 bridgehead atoms. The molecule has 2 atom stereocenters. The van der Waals surface area contributed by atoms with Gasteiger partial charge in [-0.3, -0.25) is 0 Å². The molecule has 0 spiro atoms. The highest BCUT2D eigenvalue weighted by atomic mass is 14.9. The van der Waals surface area contributed by atoms with E-state index in [-0.39, 0.29) is 0 Å². The lowest BCUT2D eigenvalue weighted by atomic mass is 9.94. The van der Waals surface area contributed by atoms with E-state index in [1.165, 1.54) is 25.8 Å². The quantitative estimate of drug-likeness (QED) is 0.624. The molecule has 0 aromatic rings. The molecular weight excluding hydrogens is 196 g/mol. The maximum absolute atomic E-state index is 5.79.